The second kappa shape index (κ2) is 8.07. The van der Waals surface area contributed by atoms with Crippen molar-refractivity contribution in [2.24, 2.45) is 0 Å². The van der Waals surface area contributed by atoms with Crippen molar-refractivity contribution in [1.82, 2.24) is 14.9 Å². The third-order valence-corrected chi connectivity index (χ3v) is 6.33. The van der Waals surface area contributed by atoms with Gasteiger partial charge >= 0.3 is 6.03 Å². The molecule has 0 radical (unpaired) electrons. The summed E-state index contributed by atoms with van der Waals surface area (Å²) in [6, 6.07) is 11.4. The molecule has 2 aromatic rings. The van der Waals surface area contributed by atoms with Crippen molar-refractivity contribution < 1.29 is 22.7 Å². The SMILES string of the molecule is C[C@@H](NC(=O)NCc1ccccc1S(=O)(=O)N(C)C)c1ccc2c(c1)OCO2. The smallest absolute Gasteiger partial charge is 0.315 e. The van der Waals surface area contributed by atoms with Crippen LogP contribution in [-0.4, -0.2) is 39.6 Å². The lowest BCUT2D eigenvalue weighted by Gasteiger charge is -2.17. The summed E-state index contributed by atoms with van der Waals surface area (Å²) in [5.74, 6) is 1.33. The van der Waals surface area contributed by atoms with Crippen molar-refractivity contribution in [2.75, 3.05) is 20.9 Å². The van der Waals surface area contributed by atoms with E-state index >= 15 is 0 Å². The van der Waals surface area contributed by atoms with Gasteiger partial charge in [-0.05, 0) is 36.2 Å². The van der Waals surface area contributed by atoms with E-state index in [1.165, 1.54) is 20.2 Å². The van der Waals surface area contributed by atoms with Crippen LogP contribution in [0.25, 0.3) is 0 Å². The van der Waals surface area contributed by atoms with Crippen LogP contribution in [0, 0.1) is 0 Å². The number of hydrogen-bond acceptors (Lipinski definition) is 5. The molecule has 0 bridgehead atoms. The average Bonchev–Trinajstić information content (AvgIpc) is 3.14. The van der Waals surface area contributed by atoms with E-state index in [2.05, 4.69) is 10.6 Å². The van der Waals surface area contributed by atoms with E-state index in [0.29, 0.717) is 17.1 Å². The Kier molecular flexibility index (Phi) is 5.76. The fourth-order valence-corrected chi connectivity index (χ4v) is 3.90. The molecule has 9 heteroatoms. The molecule has 2 aromatic carbocycles. The normalized spacial score (nSPS) is 14.0. The van der Waals surface area contributed by atoms with E-state index in [1.807, 2.05) is 19.1 Å². The number of fused-ring (bicyclic) bond motifs is 1. The van der Waals surface area contributed by atoms with Gasteiger partial charge in [0.25, 0.3) is 0 Å². The summed E-state index contributed by atoms with van der Waals surface area (Å²) in [5.41, 5.74) is 1.39. The van der Waals surface area contributed by atoms with Crippen LogP contribution in [-0.2, 0) is 16.6 Å². The monoisotopic (exact) mass is 405 g/mol. The van der Waals surface area contributed by atoms with Crippen molar-refractivity contribution >= 4 is 16.1 Å². The number of benzene rings is 2. The summed E-state index contributed by atoms with van der Waals surface area (Å²) in [7, 11) is -0.648. The first-order valence-electron chi connectivity index (χ1n) is 8.73. The molecular formula is C19H23N3O5S. The topological polar surface area (TPSA) is 97.0 Å². The van der Waals surface area contributed by atoms with Gasteiger partial charge in [0, 0.05) is 20.6 Å². The Hall–Kier alpha value is -2.78. The molecule has 2 N–H and O–H groups in total. The van der Waals surface area contributed by atoms with Crippen LogP contribution < -0.4 is 20.1 Å². The Morgan fingerprint density at radius 2 is 1.86 bits per heavy atom. The van der Waals surface area contributed by atoms with Gasteiger partial charge in [0.15, 0.2) is 11.5 Å². The molecule has 8 nitrogen and oxygen atoms in total. The van der Waals surface area contributed by atoms with E-state index in [0.717, 1.165) is 9.87 Å². The Labute approximate surface area is 164 Å². The van der Waals surface area contributed by atoms with Gasteiger partial charge in [-0.15, -0.1) is 0 Å². The second-order valence-electron chi connectivity index (χ2n) is 6.56. The molecule has 0 saturated heterocycles. The van der Waals surface area contributed by atoms with Crippen molar-refractivity contribution in [3.8, 4) is 11.5 Å². The maximum atomic E-state index is 12.4. The van der Waals surface area contributed by atoms with Gasteiger partial charge in [0.05, 0.1) is 10.9 Å². The molecule has 0 fully saturated rings. The highest BCUT2D eigenvalue weighted by Crippen LogP contribution is 2.34. The number of urea groups is 1. The molecule has 1 atom stereocenters. The lowest BCUT2D eigenvalue weighted by atomic mass is 10.1. The molecule has 0 aromatic heterocycles. The number of sulfonamides is 1. The molecule has 3 rings (SSSR count). The lowest BCUT2D eigenvalue weighted by Crippen LogP contribution is -2.37. The Balaban J connectivity index is 1.64. The zero-order valence-electron chi connectivity index (χ0n) is 15.9. The molecule has 0 saturated carbocycles. The number of carbonyl (C=O) groups excluding carboxylic acids is 1. The highest BCUT2D eigenvalue weighted by molar-refractivity contribution is 7.89. The molecule has 0 spiro atoms. The van der Waals surface area contributed by atoms with Crippen molar-refractivity contribution in [1.29, 1.82) is 0 Å². The van der Waals surface area contributed by atoms with Crippen LogP contribution in [0.1, 0.15) is 24.1 Å². The van der Waals surface area contributed by atoms with E-state index in [1.54, 1.807) is 24.3 Å². The van der Waals surface area contributed by atoms with E-state index < -0.39 is 16.1 Å². The van der Waals surface area contributed by atoms with E-state index in [-0.39, 0.29) is 24.3 Å². The summed E-state index contributed by atoms with van der Waals surface area (Å²) in [4.78, 5) is 12.5. The minimum atomic E-state index is -3.59. The number of rotatable bonds is 6. The highest BCUT2D eigenvalue weighted by atomic mass is 32.2. The first-order valence-corrected chi connectivity index (χ1v) is 10.2. The quantitative estimate of drug-likeness (QED) is 0.768. The summed E-state index contributed by atoms with van der Waals surface area (Å²) in [6.07, 6.45) is 0. The van der Waals surface area contributed by atoms with Gasteiger partial charge in [0.1, 0.15) is 0 Å². The Morgan fingerprint density at radius 3 is 2.61 bits per heavy atom. The fraction of sp³-hybridized carbons (Fsp3) is 0.316. The van der Waals surface area contributed by atoms with Crippen molar-refractivity contribution in [2.45, 2.75) is 24.4 Å². The third kappa shape index (κ3) is 4.20. The predicted octanol–water partition coefficient (Wildman–Crippen LogP) is 2.23. The number of ether oxygens (including phenoxy) is 2. The second-order valence-corrected chi connectivity index (χ2v) is 8.68. The van der Waals surface area contributed by atoms with E-state index in [4.69, 9.17) is 9.47 Å². The third-order valence-electron chi connectivity index (χ3n) is 4.41. The average molecular weight is 405 g/mol. The zero-order chi connectivity index (χ0) is 20.3. The molecule has 1 aliphatic rings. The summed E-state index contributed by atoms with van der Waals surface area (Å²) < 4.78 is 36.6. The molecule has 28 heavy (non-hydrogen) atoms. The fourth-order valence-electron chi connectivity index (χ4n) is 2.79. The molecule has 150 valence electrons. The van der Waals surface area contributed by atoms with Crippen LogP contribution in [0.15, 0.2) is 47.4 Å². The van der Waals surface area contributed by atoms with Gasteiger partial charge in [-0.2, -0.15) is 0 Å². The Bertz CT molecular complexity index is 975. The molecule has 0 unspecified atom stereocenters. The standard InChI is InChI=1S/C19H23N3O5S/c1-13(14-8-9-16-17(10-14)27-12-26-16)21-19(23)20-11-15-6-4-5-7-18(15)28(24,25)22(2)3/h4-10,13H,11-12H2,1-3H3,(H2,20,21,23)/t13-/m1/s1. The van der Waals surface area contributed by atoms with Crippen LogP contribution in [0.3, 0.4) is 0 Å². The van der Waals surface area contributed by atoms with Crippen molar-refractivity contribution in [3.05, 3.63) is 53.6 Å². The minimum Gasteiger partial charge on any atom is -0.454 e. The summed E-state index contributed by atoms with van der Waals surface area (Å²) in [6.45, 7) is 2.13. The van der Waals surface area contributed by atoms with Gasteiger partial charge in [-0.25, -0.2) is 17.5 Å². The van der Waals surface area contributed by atoms with Gasteiger partial charge in [-0.3, -0.25) is 0 Å². The predicted molar refractivity (Wildman–Crippen MR) is 104 cm³/mol. The van der Waals surface area contributed by atoms with Crippen molar-refractivity contribution in [3.63, 3.8) is 0 Å². The number of hydrogen-bond donors (Lipinski definition) is 2. The highest BCUT2D eigenvalue weighted by Gasteiger charge is 2.21. The summed E-state index contributed by atoms with van der Waals surface area (Å²) in [5, 5.41) is 5.55. The largest absolute Gasteiger partial charge is 0.454 e. The number of nitrogens with zero attached hydrogens (tertiary/aromatic N) is 1. The van der Waals surface area contributed by atoms with Crippen LogP contribution in [0.4, 0.5) is 4.79 Å². The minimum absolute atomic E-state index is 0.0862. The lowest BCUT2D eigenvalue weighted by molar-refractivity contribution is 0.174. The van der Waals surface area contributed by atoms with Crippen LogP contribution in [0.2, 0.25) is 0 Å². The maximum absolute atomic E-state index is 12.4. The van der Waals surface area contributed by atoms with Gasteiger partial charge < -0.3 is 20.1 Å². The number of carbonyl (C=O) groups is 1. The number of amides is 2. The first kappa shape index (κ1) is 20.0. The van der Waals surface area contributed by atoms with Gasteiger partial charge in [-0.1, -0.05) is 24.3 Å². The molecule has 2 amide bonds. The molecule has 1 heterocycles. The van der Waals surface area contributed by atoms with Crippen LogP contribution in [0.5, 0.6) is 11.5 Å². The summed E-state index contributed by atoms with van der Waals surface area (Å²) >= 11 is 0. The maximum Gasteiger partial charge on any atom is 0.315 e. The zero-order valence-corrected chi connectivity index (χ0v) is 16.7. The Morgan fingerprint density at radius 1 is 1.14 bits per heavy atom. The van der Waals surface area contributed by atoms with Crippen LogP contribution >= 0.6 is 0 Å². The molecule has 0 aliphatic carbocycles. The van der Waals surface area contributed by atoms with E-state index in [9.17, 15) is 13.2 Å². The number of nitrogens with one attached hydrogen (secondary N) is 2. The van der Waals surface area contributed by atoms with Gasteiger partial charge in [0.2, 0.25) is 16.8 Å². The first-order chi connectivity index (χ1) is 13.3. The molecular weight excluding hydrogens is 382 g/mol. The molecule has 1 aliphatic heterocycles.